The molecule has 0 unspecified atom stereocenters. The molecular formula is C15H22N2O3. The third-order valence-electron chi connectivity index (χ3n) is 3.92. The molecule has 5 nitrogen and oxygen atoms in total. The van der Waals surface area contributed by atoms with E-state index in [1.807, 2.05) is 0 Å². The number of aromatic amines is 1. The molecule has 0 bridgehead atoms. The predicted molar refractivity (Wildman–Crippen MR) is 76.2 cm³/mol. The summed E-state index contributed by atoms with van der Waals surface area (Å²) in [6.45, 7) is 5.96. The number of hydrogen-bond acceptors (Lipinski definition) is 4. The number of piperidine rings is 1. The predicted octanol–water partition coefficient (Wildman–Crippen LogP) is 2.09. The van der Waals surface area contributed by atoms with Gasteiger partial charge in [0.2, 0.25) is 0 Å². The first-order chi connectivity index (χ1) is 9.54. The molecule has 0 atom stereocenters. The topological polar surface area (TPSA) is 62.4 Å². The van der Waals surface area contributed by atoms with Gasteiger partial charge < -0.3 is 9.72 Å². The van der Waals surface area contributed by atoms with Crippen LogP contribution in [-0.2, 0) is 4.74 Å². The van der Waals surface area contributed by atoms with Crippen molar-refractivity contribution < 1.29 is 14.3 Å². The molecule has 2 heterocycles. The Balaban J connectivity index is 2.15. The summed E-state index contributed by atoms with van der Waals surface area (Å²) in [5.41, 5.74) is 2.40. The fourth-order valence-electron chi connectivity index (χ4n) is 2.84. The summed E-state index contributed by atoms with van der Waals surface area (Å²) in [5, 5.41) is 0. The Kier molecular flexibility index (Phi) is 4.60. The first kappa shape index (κ1) is 14.8. The smallest absolute Gasteiger partial charge is 0.339 e. The minimum Gasteiger partial charge on any atom is -0.465 e. The van der Waals surface area contributed by atoms with E-state index >= 15 is 0 Å². The van der Waals surface area contributed by atoms with E-state index in [-0.39, 0.29) is 5.78 Å². The van der Waals surface area contributed by atoms with Gasteiger partial charge in [0.15, 0.2) is 5.78 Å². The summed E-state index contributed by atoms with van der Waals surface area (Å²) in [7, 11) is 1.35. The van der Waals surface area contributed by atoms with Gasteiger partial charge in [0.25, 0.3) is 0 Å². The number of rotatable bonds is 4. The number of esters is 1. The molecule has 0 saturated carbocycles. The van der Waals surface area contributed by atoms with E-state index in [0.29, 0.717) is 29.1 Å². The van der Waals surface area contributed by atoms with Gasteiger partial charge in [-0.1, -0.05) is 6.42 Å². The number of aryl methyl sites for hydroxylation is 1. The maximum Gasteiger partial charge on any atom is 0.339 e. The number of methoxy groups -OCH3 is 1. The largest absolute Gasteiger partial charge is 0.465 e. The van der Waals surface area contributed by atoms with Crippen LogP contribution in [0.3, 0.4) is 0 Å². The standard InChI is InChI=1S/C15H22N2O3/c1-10-13(15(19)20-3)11(2)16-14(10)12(18)9-17-7-5-4-6-8-17/h16H,4-9H2,1-3H3. The zero-order chi connectivity index (χ0) is 14.7. The molecule has 110 valence electrons. The second kappa shape index (κ2) is 6.22. The Bertz CT molecular complexity index is 513. The van der Waals surface area contributed by atoms with Crippen molar-refractivity contribution in [1.82, 2.24) is 9.88 Å². The van der Waals surface area contributed by atoms with Crippen LogP contribution in [0.4, 0.5) is 0 Å². The third-order valence-corrected chi connectivity index (χ3v) is 3.92. The van der Waals surface area contributed by atoms with Crippen LogP contribution in [0.2, 0.25) is 0 Å². The molecule has 0 radical (unpaired) electrons. The quantitative estimate of drug-likeness (QED) is 0.676. The van der Waals surface area contributed by atoms with Crippen LogP contribution >= 0.6 is 0 Å². The van der Waals surface area contributed by atoms with Crippen LogP contribution in [0, 0.1) is 13.8 Å². The summed E-state index contributed by atoms with van der Waals surface area (Å²) < 4.78 is 4.76. The molecule has 0 aromatic carbocycles. The first-order valence-corrected chi connectivity index (χ1v) is 7.07. The lowest BCUT2D eigenvalue weighted by molar-refractivity contribution is 0.0599. The van der Waals surface area contributed by atoms with Crippen LogP contribution in [0.15, 0.2) is 0 Å². The van der Waals surface area contributed by atoms with Gasteiger partial charge in [0.1, 0.15) is 0 Å². The summed E-state index contributed by atoms with van der Waals surface area (Å²) in [4.78, 5) is 29.3. The van der Waals surface area contributed by atoms with E-state index in [2.05, 4.69) is 9.88 Å². The van der Waals surface area contributed by atoms with Crippen molar-refractivity contribution in [1.29, 1.82) is 0 Å². The first-order valence-electron chi connectivity index (χ1n) is 7.07. The average molecular weight is 278 g/mol. The monoisotopic (exact) mass is 278 g/mol. The van der Waals surface area contributed by atoms with Crippen molar-refractivity contribution in [3.8, 4) is 0 Å². The highest BCUT2D eigenvalue weighted by atomic mass is 16.5. The zero-order valence-corrected chi connectivity index (χ0v) is 12.4. The maximum absolute atomic E-state index is 12.4. The number of nitrogens with zero attached hydrogens (tertiary/aromatic N) is 1. The number of aromatic nitrogens is 1. The fraction of sp³-hybridized carbons (Fsp3) is 0.600. The van der Waals surface area contributed by atoms with E-state index in [0.717, 1.165) is 25.9 Å². The zero-order valence-electron chi connectivity index (χ0n) is 12.4. The Morgan fingerprint density at radius 3 is 2.45 bits per heavy atom. The molecule has 1 saturated heterocycles. The molecule has 0 spiro atoms. The van der Waals surface area contributed by atoms with Gasteiger partial charge in [0, 0.05) is 5.69 Å². The number of carbonyl (C=O) groups excluding carboxylic acids is 2. The molecule has 1 aliphatic heterocycles. The van der Waals surface area contributed by atoms with Gasteiger partial charge in [-0.2, -0.15) is 0 Å². The number of nitrogens with one attached hydrogen (secondary N) is 1. The summed E-state index contributed by atoms with van der Waals surface area (Å²) >= 11 is 0. The molecule has 1 aromatic rings. The SMILES string of the molecule is COC(=O)c1c(C)[nH]c(C(=O)CN2CCCCC2)c1C. The Morgan fingerprint density at radius 2 is 1.85 bits per heavy atom. The van der Waals surface area contributed by atoms with E-state index in [1.165, 1.54) is 13.5 Å². The average Bonchev–Trinajstić information content (AvgIpc) is 2.74. The lowest BCUT2D eigenvalue weighted by Gasteiger charge is -2.25. The van der Waals surface area contributed by atoms with Gasteiger partial charge >= 0.3 is 5.97 Å². The molecular weight excluding hydrogens is 256 g/mol. The summed E-state index contributed by atoms with van der Waals surface area (Å²) in [6, 6.07) is 0. The third kappa shape index (κ3) is 2.93. The number of Topliss-reactive ketones (excluding diaryl/α,β-unsaturated/α-hetero) is 1. The van der Waals surface area contributed by atoms with Crippen LogP contribution in [0.5, 0.6) is 0 Å². The Labute approximate surface area is 119 Å². The molecule has 5 heteroatoms. The normalized spacial score (nSPS) is 16.1. The lowest BCUT2D eigenvalue weighted by atomic mass is 10.1. The van der Waals surface area contributed by atoms with Crippen molar-refractivity contribution >= 4 is 11.8 Å². The Hall–Kier alpha value is -1.62. The molecule has 0 amide bonds. The number of ketones is 1. The number of ether oxygens (including phenoxy) is 1. The summed E-state index contributed by atoms with van der Waals surface area (Å²) in [6.07, 6.45) is 3.56. The number of hydrogen-bond donors (Lipinski definition) is 1. The van der Waals surface area contributed by atoms with Crippen molar-refractivity contribution in [2.45, 2.75) is 33.1 Å². The lowest BCUT2D eigenvalue weighted by Crippen LogP contribution is -2.34. The highest BCUT2D eigenvalue weighted by Gasteiger charge is 2.23. The summed E-state index contributed by atoms with van der Waals surface area (Å²) in [5.74, 6) is -0.351. The van der Waals surface area contributed by atoms with E-state index in [4.69, 9.17) is 4.74 Å². The number of H-pyrrole nitrogens is 1. The maximum atomic E-state index is 12.4. The molecule has 0 aliphatic carbocycles. The van der Waals surface area contributed by atoms with Gasteiger partial charge in [-0.05, 0) is 45.3 Å². The van der Waals surface area contributed by atoms with Crippen LogP contribution in [-0.4, -0.2) is 48.4 Å². The molecule has 2 rings (SSSR count). The highest BCUT2D eigenvalue weighted by Crippen LogP contribution is 2.20. The molecule has 1 aromatic heterocycles. The number of likely N-dealkylation sites (tertiary alicyclic amines) is 1. The van der Waals surface area contributed by atoms with Crippen molar-refractivity contribution in [3.05, 3.63) is 22.5 Å². The van der Waals surface area contributed by atoms with Gasteiger partial charge in [-0.3, -0.25) is 9.69 Å². The second-order valence-electron chi connectivity index (χ2n) is 5.38. The Morgan fingerprint density at radius 1 is 1.20 bits per heavy atom. The van der Waals surface area contributed by atoms with Crippen molar-refractivity contribution in [3.63, 3.8) is 0 Å². The van der Waals surface area contributed by atoms with Gasteiger partial charge in [0.05, 0.1) is 24.9 Å². The van der Waals surface area contributed by atoms with E-state index in [1.54, 1.807) is 13.8 Å². The molecule has 1 N–H and O–H groups in total. The molecule has 20 heavy (non-hydrogen) atoms. The minimum absolute atomic E-state index is 0.0441. The highest BCUT2D eigenvalue weighted by molar-refractivity contribution is 6.02. The molecule has 1 aliphatic rings. The molecule has 1 fully saturated rings. The minimum atomic E-state index is -0.395. The fourth-order valence-corrected chi connectivity index (χ4v) is 2.84. The van der Waals surface area contributed by atoms with Crippen LogP contribution < -0.4 is 0 Å². The van der Waals surface area contributed by atoms with Crippen LogP contribution in [0.1, 0.15) is 51.4 Å². The van der Waals surface area contributed by atoms with Crippen molar-refractivity contribution in [2.24, 2.45) is 0 Å². The van der Waals surface area contributed by atoms with E-state index in [9.17, 15) is 9.59 Å². The van der Waals surface area contributed by atoms with Gasteiger partial charge in [-0.25, -0.2) is 4.79 Å². The number of carbonyl (C=O) groups is 2. The van der Waals surface area contributed by atoms with E-state index < -0.39 is 5.97 Å². The van der Waals surface area contributed by atoms with Gasteiger partial charge in [-0.15, -0.1) is 0 Å². The second-order valence-corrected chi connectivity index (χ2v) is 5.38. The van der Waals surface area contributed by atoms with Crippen molar-refractivity contribution in [2.75, 3.05) is 26.7 Å². The van der Waals surface area contributed by atoms with Crippen LogP contribution in [0.25, 0.3) is 0 Å².